The van der Waals surface area contributed by atoms with Crippen molar-refractivity contribution >= 4 is 23.1 Å². The monoisotopic (exact) mass is 345 g/mol. The van der Waals surface area contributed by atoms with Gasteiger partial charge in [-0.15, -0.1) is 0 Å². The van der Waals surface area contributed by atoms with Gasteiger partial charge in [-0.2, -0.15) is 11.3 Å². The number of carbonyl (C=O) groups excluding carboxylic acids is 1. The first-order valence-corrected chi connectivity index (χ1v) is 9.21. The zero-order valence-corrected chi connectivity index (χ0v) is 14.6. The summed E-state index contributed by atoms with van der Waals surface area (Å²) in [6, 6.07) is 9.62. The molecule has 1 saturated heterocycles. The highest BCUT2D eigenvalue weighted by Crippen LogP contribution is 2.17. The van der Waals surface area contributed by atoms with Crippen molar-refractivity contribution in [3.05, 3.63) is 46.7 Å². The molecule has 0 spiro atoms. The Bertz CT molecular complexity index is 643. The van der Waals surface area contributed by atoms with Crippen LogP contribution in [0.1, 0.15) is 18.9 Å². The number of ether oxygens (including phenoxy) is 1. The van der Waals surface area contributed by atoms with Gasteiger partial charge in [0.2, 0.25) is 0 Å². The third-order valence-corrected chi connectivity index (χ3v) is 4.75. The van der Waals surface area contributed by atoms with E-state index in [9.17, 15) is 4.79 Å². The fraction of sp³-hybridized carbons (Fsp3) is 0.389. The quantitative estimate of drug-likeness (QED) is 0.842. The molecule has 6 heteroatoms. The maximum atomic E-state index is 12.1. The van der Waals surface area contributed by atoms with E-state index < -0.39 is 0 Å². The number of thiophene rings is 1. The standard InChI is InChI=1S/C18H23N3O2S/c1-2-23-17-5-3-15(4-6-17)19-18(22)20-16-7-9-21(12-16)11-14-8-10-24-13-14/h3-6,8,10,13,16H,2,7,9,11-12H2,1H3,(H2,19,20,22)/t16-/m0/s1. The highest BCUT2D eigenvalue weighted by atomic mass is 32.1. The van der Waals surface area contributed by atoms with E-state index in [2.05, 4.69) is 32.4 Å². The predicted octanol–water partition coefficient (Wildman–Crippen LogP) is 3.54. The van der Waals surface area contributed by atoms with E-state index in [0.29, 0.717) is 6.61 Å². The summed E-state index contributed by atoms with van der Waals surface area (Å²) in [6.07, 6.45) is 0.987. The van der Waals surface area contributed by atoms with E-state index in [4.69, 9.17) is 4.74 Å². The number of nitrogens with zero attached hydrogens (tertiary/aromatic N) is 1. The van der Waals surface area contributed by atoms with E-state index in [1.54, 1.807) is 11.3 Å². The van der Waals surface area contributed by atoms with Gasteiger partial charge >= 0.3 is 6.03 Å². The number of likely N-dealkylation sites (tertiary alicyclic amines) is 1. The van der Waals surface area contributed by atoms with Crippen LogP contribution in [0.2, 0.25) is 0 Å². The lowest BCUT2D eigenvalue weighted by Crippen LogP contribution is -2.39. The van der Waals surface area contributed by atoms with Crippen LogP contribution in [0.4, 0.5) is 10.5 Å². The molecule has 1 aliphatic rings. The Hall–Kier alpha value is -2.05. The van der Waals surface area contributed by atoms with Gasteiger partial charge in [0, 0.05) is 31.4 Å². The smallest absolute Gasteiger partial charge is 0.319 e. The van der Waals surface area contributed by atoms with Gasteiger partial charge in [-0.25, -0.2) is 4.79 Å². The number of nitrogens with one attached hydrogen (secondary N) is 2. The van der Waals surface area contributed by atoms with Crippen molar-refractivity contribution in [3.63, 3.8) is 0 Å². The van der Waals surface area contributed by atoms with E-state index in [1.165, 1.54) is 5.56 Å². The van der Waals surface area contributed by atoms with Crippen LogP contribution in [0, 0.1) is 0 Å². The zero-order chi connectivity index (χ0) is 16.8. The first-order valence-electron chi connectivity index (χ1n) is 8.26. The molecule has 1 atom stereocenters. The first-order chi connectivity index (χ1) is 11.7. The van der Waals surface area contributed by atoms with Gasteiger partial charge in [-0.1, -0.05) is 0 Å². The average molecular weight is 345 g/mol. The second kappa shape index (κ2) is 8.17. The normalized spacial score (nSPS) is 17.6. The van der Waals surface area contributed by atoms with Gasteiger partial charge < -0.3 is 15.4 Å². The molecule has 0 bridgehead atoms. The number of hydrogen-bond donors (Lipinski definition) is 2. The molecule has 24 heavy (non-hydrogen) atoms. The third-order valence-electron chi connectivity index (χ3n) is 4.02. The molecule has 0 saturated carbocycles. The van der Waals surface area contributed by atoms with Crippen molar-refractivity contribution in [2.75, 3.05) is 25.0 Å². The van der Waals surface area contributed by atoms with Gasteiger partial charge in [-0.05, 0) is 60.0 Å². The molecule has 2 amide bonds. The minimum atomic E-state index is -0.151. The molecular formula is C18H23N3O2S. The lowest BCUT2D eigenvalue weighted by Gasteiger charge is -2.16. The maximum absolute atomic E-state index is 12.1. The minimum absolute atomic E-state index is 0.151. The summed E-state index contributed by atoms with van der Waals surface area (Å²) >= 11 is 1.72. The van der Waals surface area contributed by atoms with Crippen LogP contribution in [-0.4, -0.2) is 36.7 Å². The first kappa shape index (κ1) is 16.8. The number of rotatable bonds is 6. The maximum Gasteiger partial charge on any atom is 0.319 e. The number of amides is 2. The molecule has 3 rings (SSSR count). The lowest BCUT2D eigenvalue weighted by molar-refractivity contribution is 0.247. The van der Waals surface area contributed by atoms with E-state index in [1.807, 2.05) is 31.2 Å². The van der Waals surface area contributed by atoms with Gasteiger partial charge in [0.25, 0.3) is 0 Å². The molecular weight excluding hydrogens is 322 g/mol. The minimum Gasteiger partial charge on any atom is -0.494 e. The van der Waals surface area contributed by atoms with Crippen LogP contribution in [0.25, 0.3) is 0 Å². The molecule has 128 valence electrons. The highest BCUT2D eigenvalue weighted by molar-refractivity contribution is 7.07. The molecule has 2 heterocycles. The number of urea groups is 1. The summed E-state index contributed by atoms with van der Waals surface area (Å²) < 4.78 is 5.40. The van der Waals surface area contributed by atoms with Crippen molar-refractivity contribution in [1.82, 2.24) is 10.2 Å². The van der Waals surface area contributed by atoms with Crippen molar-refractivity contribution in [1.29, 1.82) is 0 Å². The fourth-order valence-corrected chi connectivity index (χ4v) is 3.55. The molecule has 1 fully saturated rings. The van der Waals surface area contributed by atoms with E-state index in [0.717, 1.165) is 37.5 Å². The van der Waals surface area contributed by atoms with Crippen molar-refractivity contribution in [2.24, 2.45) is 0 Å². The molecule has 2 N–H and O–H groups in total. The SMILES string of the molecule is CCOc1ccc(NC(=O)N[C@H]2CCN(Cc3ccsc3)C2)cc1. The molecule has 0 radical (unpaired) electrons. The number of anilines is 1. The van der Waals surface area contributed by atoms with E-state index >= 15 is 0 Å². The summed E-state index contributed by atoms with van der Waals surface area (Å²) in [6.45, 7) is 5.46. The van der Waals surface area contributed by atoms with Gasteiger partial charge in [-0.3, -0.25) is 4.90 Å². The van der Waals surface area contributed by atoms with E-state index in [-0.39, 0.29) is 12.1 Å². The molecule has 1 aromatic carbocycles. The molecule has 1 aliphatic heterocycles. The molecule has 5 nitrogen and oxygen atoms in total. The van der Waals surface area contributed by atoms with Crippen molar-refractivity contribution in [2.45, 2.75) is 25.9 Å². The predicted molar refractivity (Wildman–Crippen MR) is 97.8 cm³/mol. The fourth-order valence-electron chi connectivity index (χ4n) is 2.89. The Morgan fingerprint density at radius 3 is 2.88 bits per heavy atom. The Labute approximate surface area is 146 Å². The topological polar surface area (TPSA) is 53.6 Å². The Balaban J connectivity index is 1.43. The van der Waals surface area contributed by atoms with Gasteiger partial charge in [0.15, 0.2) is 0 Å². The lowest BCUT2D eigenvalue weighted by atomic mass is 10.2. The summed E-state index contributed by atoms with van der Waals surface area (Å²) in [4.78, 5) is 14.5. The molecule has 0 aliphatic carbocycles. The Kier molecular flexibility index (Phi) is 5.72. The van der Waals surface area contributed by atoms with Crippen LogP contribution >= 0.6 is 11.3 Å². The second-order valence-corrected chi connectivity index (χ2v) is 6.69. The Morgan fingerprint density at radius 1 is 1.33 bits per heavy atom. The average Bonchev–Trinajstić information content (AvgIpc) is 3.22. The number of hydrogen-bond acceptors (Lipinski definition) is 4. The third kappa shape index (κ3) is 4.72. The van der Waals surface area contributed by atoms with Crippen molar-refractivity contribution < 1.29 is 9.53 Å². The Morgan fingerprint density at radius 2 is 2.17 bits per heavy atom. The van der Waals surface area contributed by atoms with Crippen LogP contribution < -0.4 is 15.4 Å². The van der Waals surface area contributed by atoms with Gasteiger partial charge in [0.1, 0.15) is 5.75 Å². The molecule has 0 unspecified atom stereocenters. The summed E-state index contributed by atoms with van der Waals surface area (Å²) in [5.41, 5.74) is 2.11. The van der Waals surface area contributed by atoms with Crippen LogP contribution in [0.3, 0.4) is 0 Å². The second-order valence-electron chi connectivity index (χ2n) is 5.91. The van der Waals surface area contributed by atoms with Crippen LogP contribution in [0.5, 0.6) is 5.75 Å². The van der Waals surface area contributed by atoms with Crippen LogP contribution in [0.15, 0.2) is 41.1 Å². The summed E-state index contributed by atoms with van der Waals surface area (Å²) in [5, 5.41) is 10.2. The molecule has 1 aromatic heterocycles. The summed E-state index contributed by atoms with van der Waals surface area (Å²) in [5.74, 6) is 0.809. The van der Waals surface area contributed by atoms with Gasteiger partial charge in [0.05, 0.1) is 6.61 Å². The molecule has 2 aromatic rings. The highest BCUT2D eigenvalue weighted by Gasteiger charge is 2.23. The number of benzene rings is 1. The summed E-state index contributed by atoms with van der Waals surface area (Å²) in [7, 11) is 0. The largest absolute Gasteiger partial charge is 0.494 e. The number of carbonyl (C=O) groups is 1. The van der Waals surface area contributed by atoms with Crippen LogP contribution in [-0.2, 0) is 6.54 Å². The van der Waals surface area contributed by atoms with Crippen molar-refractivity contribution in [3.8, 4) is 5.75 Å². The zero-order valence-electron chi connectivity index (χ0n) is 13.8.